The molecule has 0 aliphatic carbocycles. The second-order valence-electron chi connectivity index (χ2n) is 9.87. The van der Waals surface area contributed by atoms with E-state index in [1.807, 2.05) is 56.5 Å². The number of hydrogen-bond donors (Lipinski definition) is 1. The van der Waals surface area contributed by atoms with Crippen LogP contribution >= 0.6 is 11.3 Å². The van der Waals surface area contributed by atoms with Gasteiger partial charge >= 0.3 is 12.1 Å². The summed E-state index contributed by atoms with van der Waals surface area (Å²) in [6.07, 6.45) is 3.32. The predicted octanol–water partition coefficient (Wildman–Crippen LogP) is 1.54. The second kappa shape index (κ2) is 12.6. The summed E-state index contributed by atoms with van der Waals surface area (Å²) in [7, 11) is 0. The standard InChI is InChI=1S/C14H19N2O3S.C11H15NO2.BrH/c1-10(17)19-13-9-16(5-2-11(13)3-6-16)8-12(18)14-15-4-7-20-14;1-11(2,3)14-10(13)12-9-7-5-4-6-8-9;/h4,7,11,13H,2-3,5-6,8-9H2,1H3;4-8H,1-3H3,(H,12,13);1H/q+1;;/p-1/t11?,13-,16?;;/m0../s1. The lowest BCUT2D eigenvalue weighted by atomic mass is 9.83. The number of ether oxygens (including phenoxy) is 2. The van der Waals surface area contributed by atoms with Crippen molar-refractivity contribution in [3.8, 4) is 0 Å². The van der Waals surface area contributed by atoms with Gasteiger partial charge in [-0.3, -0.25) is 14.9 Å². The average Bonchev–Trinajstić information content (AvgIpc) is 3.29. The number of nitrogens with zero attached hydrogens (tertiary/aromatic N) is 2. The van der Waals surface area contributed by atoms with Gasteiger partial charge < -0.3 is 30.9 Å². The number of esters is 1. The predicted molar refractivity (Wildman–Crippen MR) is 131 cm³/mol. The highest BCUT2D eigenvalue weighted by Crippen LogP contribution is 2.35. The monoisotopic (exact) mass is 567 g/mol. The van der Waals surface area contributed by atoms with E-state index in [1.54, 1.807) is 6.20 Å². The van der Waals surface area contributed by atoms with E-state index < -0.39 is 11.7 Å². The first-order valence-corrected chi connectivity index (χ1v) is 12.4. The van der Waals surface area contributed by atoms with E-state index in [0.717, 1.165) is 42.6 Å². The lowest BCUT2D eigenvalue weighted by molar-refractivity contribution is -0.938. The van der Waals surface area contributed by atoms with Crippen LogP contribution in [-0.2, 0) is 14.3 Å². The van der Waals surface area contributed by atoms with Crippen LogP contribution in [0.25, 0.3) is 0 Å². The zero-order chi connectivity index (χ0) is 24.8. The number of aromatic nitrogens is 1. The van der Waals surface area contributed by atoms with Gasteiger partial charge in [-0.15, -0.1) is 11.3 Å². The highest BCUT2D eigenvalue weighted by Gasteiger charge is 2.48. The summed E-state index contributed by atoms with van der Waals surface area (Å²) in [6, 6.07) is 9.22. The molecule has 1 amide bonds. The fourth-order valence-corrected chi connectivity index (χ4v) is 5.03. The van der Waals surface area contributed by atoms with Crippen LogP contribution < -0.4 is 22.3 Å². The van der Waals surface area contributed by atoms with E-state index in [-0.39, 0.29) is 34.8 Å². The Balaban J connectivity index is 0.000000256. The van der Waals surface area contributed by atoms with Gasteiger partial charge in [0.15, 0.2) is 11.1 Å². The highest BCUT2D eigenvalue weighted by molar-refractivity contribution is 7.11. The Hall–Kier alpha value is -2.30. The van der Waals surface area contributed by atoms with Crippen molar-refractivity contribution in [2.75, 3.05) is 31.5 Å². The normalized spacial score (nSPS) is 22.6. The summed E-state index contributed by atoms with van der Waals surface area (Å²) in [5, 5.41) is 5.06. The molecule has 4 heterocycles. The van der Waals surface area contributed by atoms with Gasteiger partial charge in [-0.1, -0.05) is 18.2 Å². The van der Waals surface area contributed by atoms with E-state index in [1.165, 1.54) is 18.3 Å². The Labute approximate surface area is 221 Å². The number of nitrogens with one attached hydrogen (secondary N) is 1. The molecule has 3 saturated heterocycles. The number of ketones is 1. The molecule has 35 heavy (non-hydrogen) atoms. The van der Waals surface area contributed by atoms with Crippen molar-refractivity contribution >= 4 is 34.9 Å². The molecule has 5 rings (SSSR count). The van der Waals surface area contributed by atoms with Crippen LogP contribution in [0.4, 0.5) is 10.5 Å². The number of benzene rings is 1. The van der Waals surface area contributed by atoms with Gasteiger partial charge in [0.1, 0.15) is 18.7 Å². The highest BCUT2D eigenvalue weighted by atomic mass is 79.9. The molecule has 8 nitrogen and oxygen atoms in total. The van der Waals surface area contributed by atoms with Crippen LogP contribution in [0.5, 0.6) is 0 Å². The number of carbonyl (C=O) groups excluding carboxylic acids is 3. The van der Waals surface area contributed by atoms with Crippen LogP contribution in [0.3, 0.4) is 0 Å². The zero-order valence-electron chi connectivity index (χ0n) is 20.7. The molecule has 1 N–H and O–H groups in total. The molecule has 1 aromatic carbocycles. The van der Waals surface area contributed by atoms with Crippen molar-refractivity contribution in [2.45, 2.75) is 52.2 Å². The molecule has 0 spiro atoms. The number of fused-ring (bicyclic) bond motifs is 3. The van der Waals surface area contributed by atoms with E-state index in [9.17, 15) is 14.4 Å². The third kappa shape index (κ3) is 9.01. The smallest absolute Gasteiger partial charge is 0.412 e. The maximum absolute atomic E-state index is 12.3. The Morgan fingerprint density at radius 2 is 1.80 bits per heavy atom. The lowest BCUT2D eigenvalue weighted by Gasteiger charge is -2.51. The maximum Gasteiger partial charge on any atom is 0.412 e. The SMILES string of the molecule is CC(=O)O[C@H]1C[N+]2(CC(=O)c3nccs3)CCC1CC2.CC(C)(C)OC(=O)Nc1ccccc1.[Br-]. The fourth-order valence-electron chi connectivity index (χ4n) is 4.47. The molecule has 1 atom stereocenters. The van der Waals surface area contributed by atoms with Crippen LogP contribution in [0.1, 0.15) is 50.3 Å². The average molecular weight is 569 g/mol. The number of quaternary nitrogens is 1. The Kier molecular flexibility index (Phi) is 10.4. The lowest BCUT2D eigenvalue weighted by Crippen LogP contribution is -3.00. The van der Waals surface area contributed by atoms with Gasteiger partial charge in [0.2, 0.25) is 5.78 Å². The fraction of sp³-hybridized carbons (Fsp3) is 0.520. The molecule has 0 unspecified atom stereocenters. The Morgan fingerprint density at radius 1 is 1.14 bits per heavy atom. The molecule has 192 valence electrons. The van der Waals surface area contributed by atoms with Crippen molar-refractivity contribution in [3.63, 3.8) is 0 Å². The van der Waals surface area contributed by atoms with E-state index >= 15 is 0 Å². The minimum Gasteiger partial charge on any atom is -1.00 e. The molecule has 2 bridgehead atoms. The number of halogens is 1. The molecule has 3 aliphatic heterocycles. The molecule has 3 aliphatic rings. The molecule has 10 heteroatoms. The summed E-state index contributed by atoms with van der Waals surface area (Å²) >= 11 is 1.40. The number of piperidine rings is 3. The minimum atomic E-state index is -0.459. The van der Waals surface area contributed by atoms with Gasteiger partial charge in [-0.05, 0) is 32.9 Å². The van der Waals surface area contributed by atoms with E-state index in [2.05, 4.69) is 10.3 Å². The maximum atomic E-state index is 12.3. The first-order chi connectivity index (χ1) is 16.1. The third-order valence-corrected chi connectivity index (χ3v) is 6.74. The molecule has 0 saturated carbocycles. The zero-order valence-corrected chi connectivity index (χ0v) is 23.1. The second-order valence-corrected chi connectivity index (χ2v) is 10.8. The van der Waals surface area contributed by atoms with Crippen molar-refractivity contribution in [1.82, 2.24) is 4.98 Å². The molecular formula is C25H34BrN3O5S. The number of rotatable bonds is 5. The summed E-state index contributed by atoms with van der Waals surface area (Å²) in [6.45, 7) is 10.2. The van der Waals surface area contributed by atoms with Gasteiger partial charge in [-0.25, -0.2) is 9.78 Å². The third-order valence-electron chi connectivity index (χ3n) is 5.93. The van der Waals surface area contributed by atoms with E-state index in [0.29, 0.717) is 17.5 Å². The number of amides is 1. The van der Waals surface area contributed by atoms with Gasteiger partial charge in [0, 0.05) is 42.9 Å². The van der Waals surface area contributed by atoms with Crippen molar-refractivity contribution in [3.05, 3.63) is 46.9 Å². The summed E-state index contributed by atoms with van der Waals surface area (Å²) in [5.41, 5.74) is 0.278. The molecule has 1 aromatic heterocycles. The first kappa shape index (κ1) is 28.9. The molecule has 2 aromatic rings. The van der Waals surface area contributed by atoms with Gasteiger partial charge in [-0.2, -0.15) is 0 Å². The number of anilines is 1. The summed E-state index contributed by atoms with van der Waals surface area (Å²) < 4.78 is 11.3. The van der Waals surface area contributed by atoms with Crippen molar-refractivity contribution < 1.29 is 45.3 Å². The molecular weight excluding hydrogens is 534 g/mol. The number of para-hydroxylation sites is 1. The van der Waals surface area contributed by atoms with Crippen LogP contribution in [0.15, 0.2) is 41.9 Å². The van der Waals surface area contributed by atoms with Crippen LogP contribution in [0.2, 0.25) is 0 Å². The van der Waals surface area contributed by atoms with Gasteiger partial charge in [0.05, 0.1) is 13.1 Å². The quantitative estimate of drug-likeness (QED) is 0.334. The number of hydrogen-bond acceptors (Lipinski definition) is 7. The number of Topliss-reactive ketones (excluding diaryl/α,β-unsaturated/α-hetero) is 1. The molecule has 3 fully saturated rings. The van der Waals surface area contributed by atoms with Crippen molar-refractivity contribution in [2.24, 2.45) is 5.92 Å². The van der Waals surface area contributed by atoms with Gasteiger partial charge in [0.25, 0.3) is 0 Å². The number of carbonyl (C=O) groups is 3. The Morgan fingerprint density at radius 3 is 2.34 bits per heavy atom. The summed E-state index contributed by atoms with van der Waals surface area (Å²) in [5.74, 6) is 0.379. The minimum absolute atomic E-state index is 0. The topological polar surface area (TPSA) is 94.6 Å². The largest absolute Gasteiger partial charge is 1.00 e. The van der Waals surface area contributed by atoms with E-state index in [4.69, 9.17) is 9.47 Å². The van der Waals surface area contributed by atoms with Crippen LogP contribution in [0, 0.1) is 5.92 Å². The summed E-state index contributed by atoms with van der Waals surface area (Å²) in [4.78, 5) is 38.9. The first-order valence-electron chi connectivity index (χ1n) is 11.6. The van der Waals surface area contributed by atoms with Crippen molar-refractivity contribution in [1.29, 1.82) is 0 Å². The molecule has 0 radical (unpaired) electrons. The number of thiazole rings is 1. The van der Waals surface area contributed by atoms with Crippen LogP contribution in [-0.4, -0.2) is 65.2 Å². The Bertz CT molecular complexity index is 971.